The molecule has 1 saturated heterocycles. The molecule has 0 aliphatic carbocycles. The van der Waals surface area contributed by atoms with Crippen LogP contribution in [0.3, 0.4) is 0 Å². The van der Waals surface area contributed by atoms with E-state index in [0.717, 1.165) is 37.2 Å². The van der Waals surface area contributed by atoms with Crippen LogP contribution < -0.4 is 19.9 Å². The number of hydrogen-bond acceptors (Lipinski definition) is 5. The number of methoxy groups -OCH3 is 3. The Morgan fingerprint density at radius 3 is 2.29 bits per heavy atom. The Labute approximate surface area is 127 Å². The van der Waals surface area contributed by atoms with E-state index in [-0.39, 0.29) is 12.1 Å². The lowest BCUT2D eigenvalue weighted by molar-refractivity contribution is 0.241. The lowest BCUT2D eigenvalue weighted by atomic mass is 9.98. The van der Waals surface area contributed by atoms with E-state index in [1.807, 2.05) is 12.1 Å². The molecule has 0 aromatic heterocycles. The molecule has 1 aliphatic rings. The van der Waals surface area contributed by atoms with Crippen molar-refractivity contribution in [2.75, 3.05) is 34.4 Å². The largest absolute Gasteiger partial charge is 0.496 e. The summed E-state index contributed by atoms with van der Waals surface area (Å²) in [4.78, 5) is 2.43. The van der Waals surface area contributed by atoms with Gasteiger partial charge in [-0.1, -0.05) is 6.92 Å². The van der Waals surface area contributed by atoms with Crippen LogP contribution in [0.4, 0.5) is 0 Å². The maximum Gasteiger partial charge on any atom is 0.164 e. The molecule has 0 amide bonds. The second-order valence-corrected chi connectivity index (χ2v) is 5.38. The minimum absolute atomic E-state index is 0.114. The molecule has 0 radical (unpaired) electrons. The van der Waals surface area contributed by atoms with Crippen molar-refractivity contribution in [3.8, 4) is 17.2 Å². The average Bonchev–Trinajstić information content (AvgIpc) is 2.87. The molecule has 1 aromatic carbocycles. The number of likely N-dealkylation sites (tertiary alicyclic amines) is 1. The number of nitrogens with zero attached hydrogens (tertiary/aromatic N) is 1. The summed E-state index contributed by atoms with van der Waals surface area (Å²) >= 11 is 0. The first kappa shape index (κ1) is 15.9. The molecule has 2 N–H and O–H groups in total. The molecule has 21 heavy (non-hydrogen) atoms. The topological polar surface area (TPSA) is 57.0 Å². The molecule has 1 aliphatic heterocycles. The third kappa shape index (κ3) is 3.09. The molecule has 2 unspecified atom stereocenters. The molecular weight excluding hydrogens is 268 g/mol. The van der Waals surface area contributed by atoms with E-state index in [1.54, 1.807) is 21.3 Å². The van der Waals surface area contributed by atoms with Gasteiger partial charge in [-0.15, -0.1) is 0 Å². The van der Waals surface area contributed by atoms with E-state index >= 15 is 0 Å². The second kappa shape index (κ2) is 7.00. The van der Waals surface area contributed by atoms with Gasteiger partial charge in [-0.3, -0.25) is 4.90 Å². The van der Waals surface area contributed by atoms with E-state index in [9.17, 15) is 0 Å². The maximum atomic E-state index is 6.35. The van der Waals surface area contributed by atoms with Crippen molar-refractivity contribution in [1.29, 1.82) is 0 Å². The Hall–Kier alpha value is -1.46. The molecule has 0 bridgehead atoms. The monoisotopic (exact) mass is 294 g/mol. The molecule has 118 valence electrons. The summed E-state index contributed by atoms with van der Waals surface area (Å²) in [5.74, 6) is 2.19. The Morgan fingerprint density at radius 1 is 1.10 bits per heavy atom. The number of hydrogen-bond donors (Lipinski definition) is 1. The van der Waals surface area contributed by atoms with E-state index in [1.165, 1.54) is 0 Å². The molecule has 5 heteroatoms. The molecule has 1 aromatic rings. The normalized spacial score (nSPS) is 22.3. The minimum atomic E-state index is 0.114. The predicted molar refractivity (Wildman–Crippen MR) is 83.3 cm³/mol. The first-order valence-electron chi connectivity index (χ1n) is 7.45. The lowest BCUT2D eigenvalue weighted by Crippen LogP contribution is -2.32. The Morgan fingerprint density at radius 2 is 1.71 bits per heavy atom. The van der Waals surface area contributed by atoms with Crippen LogP contribution in [-0.2, 0) is 0 Å². The molecule has 5 nitrogen and oxygen atoms in total. The second-order valence-electron chi connectivity index (χ2n) is 5.38. The molecule has 2 rings (SSSR count). The first-order chi connectivity index (χ1) is 10.2. The average molecular weight is 294 g/mol. The standard InChI is InChI=1S/C16H26N2O3/c1-5-7-18-8-6-12(17)16(18)11-9-14(20-3)15(21-4)10-13(11)19-2/h9-10,12,16H,5-8,17H2,1-4H3. The van der Waals surface area contributed by atoms with Crippen LogP contribution in [0.2, 0.25) is 0 Å². The molecule has 0 spiro atoms. The summed E-state index contributed by atoms with van der Waals surface area (Å²) in [5.41, 5.74) is 7.43. The fourth-order valence-electron chi connectivity index (χ4n) is 3.13. The van der Waals surface area contributed by atoms with Crippen molar-refractivity contribution >= 4 is 0 Å². The van der Waals surface area contributed by atoms with Crippen LogP contribution in [-0.4, -0.2) is 45.4 Å². The van der Waals surface area contributed by atoms with Crippen LogP contribution in [0.5, 0.6) is 17.2 Å². The third-order valence-corrected chi connectivity index (χ3v) is 4.11. The lowest BCUT2D eigenvalue weighted by Gasteiger charge is -2.28. The molecule has 1 fully saturated rings. The highest BCUT2D eigenvalue weighted by Crippen LogP contribution is 2.42. The van der Waals surface area contributed by atoms with Crippen molar-refractivity contribution in [1.82, 2.24) is 4.90 Å². The molecule has 0 saturated carbocycles. The smallest absolute Gasteiger partial charge is 0.164 e. The van der Waals surface area contributed by atoms with E-state index in [2.05, 4.69) is 11.8 Å². The molecular formula is C16H26N2O3. The predicted octanol–water partition coefficient (Wildman–Crippen LogP) is 2.20. The number of ether oxygens (including phenoxy) is 3. The van der Waals surface area contributed by atoms with Crippen LogP contribution in [0.1, 0.15) is 31.4 Å². The van der Waals surface area contributed by atoms with Gasteiger partial charge in [-0.25, -0.2) is 0 Å². The summed E-state index contributed by atoms with van der Waals surface area (Å²) in [7, 11) is 4.95. The van der Waals surface area contributed by atoms with Crippen molar-refractivity contribution in [3.63, 3.8) is 0 Å². The highest BCUT2D eigenvalue weighted by Gasteiger charge is 2.35. The van der Waals surface area contributed by atoms with Gasteiger partial charge in [-0.05, 0) is 25.5 Å². The van der Waals surface area contributed by atoms with Gasteiger partial charge in [0.25, 0.3) is 0 Å². The van der Waals surface area contributed by atoms with Crippen LogP contribution in [0, 0.1) is 0 Å². The van der Waals surface area contributed by atoms with Crippen molar-refractivity contribution < 1.29 is 14.2 Å². The van der Waals surface area contributed by atoms with Gasteiger partial charge in [0.15, 0.2) is 11.5 Å². The van der Waals surface area contributed by atoms with Gasteiger partial charge in [-0.2, -0.15) is 0 Å². The maximum absolute atomic E-state index is 6.35. The SMILES string of the molecule is CCCN1CCC(N)C1c1cc(OC)c(OC)cc1OC. The Bertz CT molecular complexity index is 477. The zero-order valence-corrected chi connectivity index (χ0v) is 13.4. The summed E-state index contributed by atoms with van der Waals surface area (Å²) < 4.78 is 16.3. The summed E-state index contributed by atoms with van der Waals surface area (Å²) in [5, 5.41) is 0. The Balaban J connectivity index is 2.45. The number of nitrogens with two attached hydrogens (primary N) is 1. The Kier molecular flexibility index (Phi) is 5.31. The fourth-order valence-corrected chi connectivity index (χ4v) is 3.13. The van der Waals surface area contributed by atoms with Gasteiger partial charge in [0.1, 0.15) is 5.75 Å². The highest BCUT2D eigenvalue weighted by atomic mass is 16.5. The van der Waals surface area contributed by atoms with E-state index < -0.39 is 0 Å². The number of rotatable bonds is 6. The molecule has 1 heterocycles. The third-order valence-electron chi connectivity index (χ3n) is 4.11. The quantitative estimate of drug-likeness (QED) is 0.871. The van der Waals surface area contributed by atoms with Gasteiger partial charge in [0.2, 0.25) is 0 Å². The summed E-state index contributed by atoms with van der Waals surface area (Å²) in [6, 6.07) is 4.16. The fraction of sp³-hybridized carbons (Fsp3) is 0.625. The van der Waals surface area contributed by atoms with Gasteiger partial charge >= 0.3 is 0 Å². The molecule has 2 atom stereocenters. The van der Waals surface area contributed by atoms with E-state index in [0.29, 0.717) is 11.5 Å². The van der Waals surface area contributed by atoms with Crippen molar-refractivity contribution in [2.24, 2.45) is 5.73 Å². The number of benzene rings is 1. The van der Waals surface area contributed by atoms with Crippen LogP contribution in [0.25, 0.3) is 0 Å². The van der Waals surface area contributed by atoms with Crippen molar-refractivity contribution in [3.05, 3.63) is 17.7 Å². The van der Waals surface area contributed by atoms with Crippen molar-refractivity contribution in [2.45, 2.75) is 31.8 Å². The van der Waals surface area contributed by atoms with Crippen LogP contribution in [0.15, 0.2) is 12.1 Å². The van der Waals surface area contributed by atoms with Gasteiger partial charge in [0, 0.05) is 24.2 Å². The zero-order chi connectivity index (χ0) is 15.4. The minimum Gasteiger partial charge on any atom is -0.496 e. The highest BCUT2D eigenvalue weighted by molar-refractivity contribution is 5.52. The van der Waals surface area contributed by atoms with Gasteiger partial charge < -0.3 is 19.9 Å². The van der Waals surface area contributed by atoms with Gasteiger partial charge in [0.05, 0.1) is 27.4 Å². The first-order valence-corrected chi connectivity index (χ1v) is 7.45. The summed E-state index contributed by atoms with van der Waals surface area (Å²) in [6.45, 7) is 4.25. The summed E-state index contributed by atoms with van der Waals surface area (Å²) in [6.07, 6.45) is 2.11. The zero-order valence-electron chi connectivity index (χ0n) is 13.4. The van der Waals surface area contributed by atoms with E-state index in [4.69, 9.17) is 19.9 Å². The van der Waals surface area contributed by atoms with Crippen LogP contribution >= 0.6 is 0 Å².